The van der Waals surface area contributed by atoms with Crippen molar-refractivity contribution in [2.24, 2.45) is 23.7 Å². The van der Waals surface area contributed by atoms with E-state index in [2.05, 4.69) is 23.2 Å². The lowest BCUT2D eigenvalue weighted by Gasteiger charge is -2.56. The summed E-state index contributed by atoms with van der Waals surface area (Å²) in [5, 5.41) is 0. The van der Waals surface area contributed by atoms with Crippen LogP contribution >= 0.6 is 0 Å². The Bertz CT molecular complexity index is 314. The van der Waals surface area contributed by atoms with Crippen LogP contribution in [0, 0.1) is 23.7 Å². The molecule has 0 bridgehead atoms. The number of rotatable bonds is 5. The average molecular weight is 331 g/mol. The molecular weight excluding hydrogens is 291 g/mol. The maximum atomic E-state index is 3.58. The fourth-order valence-corrected chi connectivity index (χ4v) is 7.95. The van der Waals surface area contributed by atoms with Gasteiger partial charge in [-0.15, -0.1) is 0 Å². The summed E-state index contributed by atoms with van der Waals surface area (Å²) in [6, 6.07) is 0. The van der Waals surface area contributed by atoms with Crippen molar-refractivity contribution in [3.05, 3.63) is 0 Å². The average Bonchev–Trinajstić information content (AvgIpc) is 2.64. The van der Waals surface area contributed by atoms with Crippen molar-refractivity contribution in [1.82, 2.24) is 0 Å². The third-order valence-corrected chi connectivity index (χ3v) is 9.30. The minimum Gasteiger partial charge on any atom is -0.0883 e. The molecule has 0 saturated heterocycles. The summed E-state index contributed by atoms with van der Waals surface area (Å²) in [7, 11) is 0. The summed E-state index contributed by atoms with van der Waals surface area (Å²) in [4.78, 5) is 0. The van der Waals surface area contributed by atoms with Gasteiger partial charge in [-0.05, 0) is 23.7 Å². The molecule has 1 atom stereocenters. The summed E-state index contributed by atoms with van der Waals surface area (Å²) in [5.41, 5.74) is 0. The normalized spacial score (nSPS) is 27.9. The Balaban J connectivity index is 1.84. The van der Waals surface area contributed by atoms with Gasteiger partial charge in [-0.1, -0.05) is 114 Å². The monoisotopic (exact) mass is 330 g/mol. The van der Waals surface area contributed by atoms with Gasteiger partial charge in [-0.2, -0.15) is 0 Å². The van der Waals surface area contributed by atoms with E-state index >= 15 is 0 Å². The van der Waals surface area contributed by atoms with Crippen LogP contribution < -0.4 is 0 Å². The molecule has 3 aliphatic rings. The van der Waals surface area contributed by atoms with Gasteiger partial charge in [-0.25, -0.2) is 0 Å². The molecule has 3 saturated carbocycles. The molecule has 0 amide bonds. The Kier molecular flexibility index (Phi) is 6.98. The minimum absolute atomic E-state index is 0.581. The Hall–Kier alpha value is 0.532. The van der Waals surface area contributed by atoms with Crippen LogP contribution in [-0.4, -0.2) is 16.3 Å². The molecule has 0 spiro atoms. The van der Waals surface area contributed by atoms with Crippen LogP contribution in [0.2, 0.25) is 4.28 Å². The van der Waals surface area contributed by atoms with Crippen molar-refractivity contribution in [3.63, 3.8) is 0 Å². The molecule has 0 aromatic rings. The van der Waals surface area contributed by atoms with Crippen molar-refractivity contribution >= 4 is 16.3 Å². The summed E-state index contributed by atoms with van der Waals surface area (Å²) < 4.78 is 0.581. The van der Waals surface area contributed by atoms with Gasteiger partial charge in [0.1, 0.15) is 16.3 Å². The second kappa shape index (κ2) is 8.76. The molecule has 3 rings (SSSR count). The van der Waals surface area contributed by atoms with Gasteiger partial charge in [0.05, 0.1) is 0 Å². The Morgan fingerprint density at radius 2 is 1.09 bits per heavy atom. The SMILES string of the molecule is CCC(C1CCCCC1)[C]([Al])(C1CCCCC1)C1CCCCC1. The minimum atomic E-state index is 0.581. The van der Waals surface area contributed by atoms with Crippen molar-refractivity contribution in [2.45, 2.75) is 114 Å². The molecule has 3 fully saturated rings. The Morgan fingerprint density at radius 3 is 1.48 bits per heavy atom. The molecule has 0 nitrogen and oxygen atoms in total. The molecule has 0 aliphatic heterocycles. The lowest BCUT2D eigenvalue weighted by Crippen LogP contribution is -2.43. The number of hydrogen-bond donors (Lipinski definition) is 0. The molecule has 1 heteroatoms. The van der Waals surface area contributed by atoms with E-state index in [9.17, 15) is 0 Å². The topological polar surface area (TPSA) is 0 Å². The van der Waals surface area contributed by atoms with Crippen LogP contribution in [0.15, 0.2) is 0 Å². The van der Waals surface area contributed by atoms with Crippen LogP contribution in [0.4, 0.5) is 0 Å². The quantitative estimate of drug-likeness (QED) is 0.472. The van der Waals surface area contributed by atoms with E-state index in [4.69, 9.17) is 0 Å². The summed E-state index contributed by atoms with van der Waals surface area (Å²) in [6.07, 6.45) is 24.2. The van der Waals surface area contributed by atoms with Crippen molar-refractivity contribution in [3.8, 4) is 0 Å². The van der Waals surface area contributed by atoms with Gasteiger partial charge in [-0.3, -0.25) is 0 Å². The van der Waals surface area contributed by atoms with Gasteiger partial charge < -0.3 is 0 Å². The highest BCUT2D eigenvalue weighted by Crippen LogP contribution is 2.60. The fraction of sp³-hybridized carbons (Fsp3) is 1.00. The van der Waals surface area contributed by atoms with Gasteiger partial charge >= 0.3 is 0 Å². The second-order valence-corrected chi connectivity index (χ2v) is 10.1. The summed E-state index contributed by atoms with van der Waals surface area (Å²) >= 11 is 3.58. The van der Waals surface area contributed by atoms with Gasteiger partial charge in [0.25, 0.3) is 0 Å². The van der Waals surface area contributed by atoms with Gasteiger partial charge in [0, 0.05) is 0 Å². The van der Waals surface area contributed by atoms with E-state index in [1.165, 1.54) is 103 Å². The van der Waals surface area contributed by atoms with Crippen molar-refractivity contribution in [1.29, 1.82) is 0 Å². The maximum Gasteiger partial charge on any atom is 0.130 e. The lowest BCUT2D eigenvalue weighted by molar-refractivity contribution is 0.0583. The molecule has 1 unspecified atom stereocenters. The highest BCUT2D eigenvalue weighted by Gasteiger charge is 2.47. The third-order valence-electron chi connectivity index (χ3n) is 7.93. The molecular formula is C22H39Al. The van der Waals surface area contributed by atoms with E-state index in [0.717, 1.165) is 23.7 Å². The lowest BCUT2D eigenvalue weighted by atomic mass is 9.59. The highest BCUT2D eigenvalue weighted by atomic mass is 27.0. The molecule has 0 N–H and O–H groups in total. The molecule has 0 heterocycles. The van der Waals surface area contributed by atoms with Gasteiger partial charge in [0.2, 0.25) is 0 Å². The highest BCUT2D eigenvalue weighted by molar-refractivity contribution is 6.16. The van der Waals surface area contributed by atoms with Crippen LogP contribution in [0.25, 0.3) is 0 Å². The van der Waals surface area contributed by atoms with Gasteiger partial charge in [0.15, 0.2) is 0 Å². The first-order chi connectivity index (χ1) is 11.3. The van der Waals surface area contributed by atoms with Crippen molar-refractivity contribution < 1.29 is 0 Å². The molecule has 0 aromatic carbocycles. The molecule has 23 heavy (non-hydrogen) atoms. The first kappa shape index (κ1) is 18.3. The molecule has 3 aliphatic carbocycles. The third kappa shape index (κ3) is 4.03. The zero-order valence-electron chi connectivity index (χ0n) is 15.7. The smallest absolute Gasteiger partial charge is 0.0883 e. The maximum absolute atomic E-state index is 3.58. The Morgan fingerprint density at radius 1 is 0.696 bits per heavy atom. The van der Waals surface area contributed by atoms with Crippen LogP contribution in [0.3, 0.4) is 0 Å². The summed E-state index contributed by atoms with van der Waals surface area (Å²) in [6.45, 7) is 2.52. The predicted molar refractivity (Wildman–Crippen MR) is 102 cm³/mol. The predicted octanol–water partition coefficient (Wildman–Crippen LogP) is 7.08. The van der Waals surface area contributed by atoms with E-state index in [1.54, 1.807) is 0 Å². The van der Waals surface area contributed by atoms with E-state index < -0.39 is 0 Å². The molecule has 130 valence electrons. The zero-order valence-corrected chi connectivity index (χ0v) is 16.9. The van der Waals surface area contributed by atoms with Crippen LogP contribution in [0.1, 0.15) is 110 Å². The first-order valence-corrected chi connectivity index (χ1v) is 11.6. The number of hydrogen-bond acceptors (Lipinski definition) is 0. The second-order valence-electron chi connectivity index (χ2n) is 9.08. The van der Waals surface area contributed by atoms with Crippen LogP contribution in [-0.2, 0) is 0 Å². The fourth-order valence-electron chi connectivity index (χ4n) is 6.78. The van der Waals surface area contributed by atoms with Crippen LogP contribution in [0.5, 0.6) is 0 Å². The molecule has 2 radical (unpaired) electrons. The Labute approximate surface area is 154 Å². The van der Waals surface area contributed by atoms with E-state index in [1.807, 2.05) is 0 Å². The molecule has 0 aromatic heterocycles. The first-order valence-electron chi connectivity index (χ1n) is 11.1. The van der Waals surface area contributed by atoms with Crippen molar-refractivity contribution in [2.75, 3.05) is 0 Å². The summed E-state index contributed by atoms with van der Waals surface area (Å²) in [5.74, 6) is 4.04. The van der Waals surface area contributed by atoms with E-state index in [-0.39, 0.29) is 0 Å². The van der Waals surface area contributed by atoms with E-state index in [0.29, 0.717) is 4.28 Å². The zero-order chi connectivity index (χ0) is 16.1. The largest absolute Gasteiger partial charge is 0.130 e. The standard InChI is InChI=1S/C22H39.Al/c1-2-21(18-12-6-3-7-13-18)22(19-14-8-4-9-15-19)20-16-10-5-11-17-20;/h18-21H,2-17H2,1H3;.